The maximum Gasteiger partial charge on any atom is 0.431 e. The van der Waals surface area contributed by atoms with Crippen molar-refractivity contribution in [2.75, 3.05) is 23.0 Å². The molecule has 0 bridgehead atoms. The van der Waals surface area contributed by atoms with Gasteiger partial charge in [0, 0.05) is 44.0 Å². The number of carboxylic acids is 1. The van der Waals surface area contributed by atoms with Gasteiger partial charge in [-0.25, -0.2) is 8.78 Å². The number of benzene rings is 2. The van der Waals surface area contributed by atoms with Gasteiger partial charge in [-0.05, 0) is 49.9 Å². The molecule has 0 aromatic heterocycles. The van der Waals surface area contributed by atoms with Gasteiger partial charge in [0.25, 0.3) is 0 Å². The molecule has 1 saturated carbocycles. The number of hydrazone groups is 1. The van der Waals surface area contributed by atoms with Crippen LogP contribution in [0.25, 0.3) is 0 Å². The molecule has 0 amide bonds. The number of hydrogen-bond donors (Lipinski definition) is 1. The van der Waals surface area contributed by atoms with Gasteiger partial charge in [0.15, 0.2) is 11.6 Å². The molecule has 2 aromatic carbocycles. The Morgan fingerprint density at radius 1 is 0.976 bits per heavy atom. The van der Waals surface area contributed by atoms with Crippen molar-refractivity contribution in [1.82, 2.24) is 0 Å². The number of aliphatic carboxylic acids is 1. The van der Waals surface area contributed by atoms with Gasteiger partial charge in [-0.3, -0.25) is 9.80 Å². The number of alkyl halides is 3. The van der Waals surface area contributed by atoms with Crippen LogP contribution in [0.4, 0.5) is 33.3 Å². The van der Waals surface area contributed by atoms with E-state index in [-0.39, 0.29) is 17.9 Å². The number of nitrogens with zero attached hydrogens (tertiary/aromatic N) is 3. The minimum Gasteiger partial charge on any atom is -0.490 e. The first-order valence-corrected chi connectivity index (χ1v) is 13.8. The molecule has 2 aliphatic heterocycles. The van der Waals surface area contributed by atoms with Gasteiger partial charge in [-0.15, -0.1) is 0 Å². The lowest BCUT2D eigenvalue weighted by atomic mass is 9.94. The van der Waals surface area contributed by atoms with Crippen molar-refractivity contribution in [2.45, 2.75) is 76.3 Å². The molecule has 1 N–H and O–H groups in total. The molecule has 3 aliphatic rings. The Morgan fingerprint density at radius 2 is 1.59 bits per heavy atom. The fraction of sp³-hybridized carbons (Fsp3) is 0.517. The maximum absolute atomic E-state index is 14.7. The van der Waals surface area contributed by atoms with E-state index in [0.29, 0.717) is 43.1 Å². The summed E-state index contributed by atoms with van der Waals surface area (Å²) in [6.07, 6.45) is -0.332. The normalized spacial score (nSPS) is 22.2. The molecule has 1 aliphatic carbocycles. The minimum atomic E-state index is -4.66. The van der Waals surface area contributed by atoms with Gasteiger partial charge in [0.2, 0.25) is 0 Å². The first-order chi connectivity index (χ1) is 19.5. The van der Waals surface area contributed by atoms with E-state index in [1.165, 1.54) is 6.92 Å². The van der Waals surface area contributed by atoms with Gasteiger partial charge < -0.3 is 19.5 Å². The van der Waals surface area contributed by atoms with Gasteiger partial charge in [0.05, 0.1) is 29.9 Å². The van der Waals surface area contributed by atoms with Crippen molar-refractivity contribution in [2.24, 2.45) is 11.0 Å². The molecule has 0 unspecified atom stereocenters. The monoisotopic (exact) mass is 581 g/mol. The predicted octanol–water partition coefficient (Wildman–Crippen LogP) is 6.55. The van der Waals surface area contributed by atoms with Crippen molar-refractivity contribution in [1.29, 1.82) is 0 Å². The number of ether oxygens (including phenoxy) is 2. The summed E-state index contributed by atoms with van der Waals surface area (Å²) in [5, 5.41) is 14.1. The van der Waals surface area contributed by atoms with Crippen LogP contribution in [0.1, 0.15) is 51.9 Å². The molecule has 2 atom stereocenters. The third-order valence-electron chi connectivity index (χ3n) is 7.99. The Morgan fingerprint density at radius 3 is 2.20 bits per heavy atom. The quantitative estimate of drug-likeness (QED) is 0.357. The standard InChI is InChI=1S/C29H32F5N3O4/c1-17-24(16-26(38)39)37(35-28(17)29(32,33)34)18-6-8-20(9-7-18)40-21-10-12-36(13-11-21)25-15-22(14-23(30)27(25)31)41-19-4-2-3-5-19/h6-9,14-15,17,19,21,24H,2-5,10-13,16H2,1H3,(H,38,39)/t17-,24-/m0/s1. The Labute approximate surface area is 234 Å². The first kappa shape index (κ1) is 28.9. The summed E-state index contributed by atoms with van der Waals surface area (Å²) < 4.78 is 81.3. The van der Waals surface area contributed by atoms with E-state index in [0.717, 1.165) is 36.8 Å². The van der Waals surface area contributed by atoms with Crippen LogP contribution in [-0.2, 0) is 4.79 Å². The van der Waals surface area contributed by atoms with Crippen molar-refractivity contribution in [3.63, 3.8) is 0 Å². The Hall–Kier alpha value is -3.57. The minimum absolute atomic E-state index is 0.0219. The fourth-order valence-electron chi connectivity index (χ4n) is 5.81. The number of rotatable bonds is 8. The van der Waals surface area contributed by atoms with E-state index >= 15 is 0 Å². The van der Waals surface area contributed by atoms with Gasteiger partial charge >= 0.3 is 12.1 Å². The highest BCUT2D eigenvalue weighted by molar-refractivity contribution is 5.96. The third-order valence-corrected chi connectivity index (χ3v) is 7.99. The maximum atomic E-state index is 14.7. The Bertz CT molecular complexity index is 1270. The van der Waals surface area contributed by atoms with Crippen LogP contribution in [-0.4, -0.2) is 54.3 Å². The van der Waals surface area contributed by atoms with Crippen LogP contribution in [0.5, 0.6) is 11.5 Å². The molecule has 41 heavy (non-hydrogen) atoms. The highest BCUT2D eigenvalue weighted by Gasteiger charge is 2.48. The van der Waals surface area contributed by atoms with Crippen molar-refractivity contribution >= 4 is 23.1 Å². The van der Waals surface area contributed by atoms with Crippen LogP contribution in [0, 0.1) is 17.6 Å². The summed E-state index contributed by atoms with van der Waals surface area (Å²) >= 11 is 0. The van der Waals surface area contributed by atoms with Crippen LogP contribution < -0.4 is 19.4 Å². The molecule has 5 rings (SSSR count). The van der Waals surface area contributed by atoms with Crippen LogP contribution in [0.3, 0.4) is 0 Å². The zero-order valence-corrected chi connectivity index (χ0v) is 22.5. The smallest absolute Gasteiger partial charge is 0.431 e. The summed E-state index contributed by atoms with van der Waals surface area (Å²) in [7, 11) is 0. The lowest BCUT2D eigenvalue weighted by molar-refractivity contribution is -0.137. The highest BCUT2D eigenvalue weighted by atomic mass is 19.4. The summed E-state index contributed by atoms with van der Waals surface area (Å²) in [6.45, 7) is 2.19. The molecule has 0 radical (unpaired) electrons. The van der Waals surface area contributed by atoms with E-state index in [9.17, 15) is 31.9 Å². The predicted molar refractivity (Wildman–Crippen MR) is 143 cm³/mol. The number of anilines is 2. The summed E-state index contributed by atoms with van der Waals surface area (Å²) in [5.41, 5.74) is -0.528. The number of halogens is 5. The van der Waals surface area contributed by atoms with Crippen LogP contribution in [0.2, 0.25) is 0 Å². The van der Waals surface area contributed by atoms with Crippen molar-refractivity contribution < 1.29 is 41.3 Å². The van der Waals surface area contributed by atoms with Gasteiger partial charge in [-0.1, -0.05) is 6.92 Å². The molecule has 7 nitrogen and oxygen atoms in total. The molecular formula is C29H32F5N3O4. The molecule has 2 aromatic rings. The zero-order valence-electron chi connectivity index (χ0n) is 22.5. The number of carbonyl (C=O) groups is 1. The molecule has 2 heterocycles. The lowest BCUT2D eigenvalue weighted by Gasteiger charge is -2.34. The van der Waals surface area contributed by atoms with E-state index in [2.05, 4.69) is 5.10 Å². The first-order valence-electron chi connectivity index (χ1n) is 13.8. The summed E-state index contributed by atoms with van der Waals surface area (Å²) in [6, 6.07) is 7.96. The van der Waals surface area contributed by atoms with Crippen LogP contribution >= 0.6 is 0 Å². The molecule has 222 valence electrons. The Balaban J connectivity index is 1.21. The lowest BCUT2D eigenvalue weighted by Crippen LogP contribution is -2.38. The SMILES string of the molecule is C[C@@H]1C(C(F)(F)F)=NN(c2ccc(OC3CCN(c4cc(OC5CCCC5)cc(F)c4F)CC3)cc2)[C@H]1CC(=O)O. The largest absolute Gasteiger partial charge is 0.490 e. The summed E-state index contributed by atoms with van der Waals surface area (Å²) in [5.74, 6) is -3.37. The average Bonchev–Trinajstić information content (AvgIpc) is 3.55. The Kier molecular flexibility index (Phi) is 8.28. The molecular weight excluding hydrogens is 549 g/mol. The van der Waals surface area contributed by atoms with E-state index in [4.69, 9.17) is 9.47 Å². The van der Waals surface area contributed by atoms with E-state index in [1.807, 2.05) is 0 Å². The van der Waals surface area contributed by atoms with Crippen molar-refractivity contribution in [3.8, 4) is 11.5 Å². The second-order valence-corrected chi connectivity index (χ2v) is 10.8. The number of carboxylic acid groups (broad SMARTS) is 1. The van der Waals surface area contributed by atoms with E-state index in [1.54, 1.807) is 35.2 Å². The van der Waals surface area contributed by atoms with E-state index < -0.39 is 47.9 Å². The number of hydrogen-bond acceptors (Lipinski definition) is 6. The molecule has 12 heteroatoms. The third kappa shape index (κ3) is 6.51. The zero-order chi connectivity index (χ0) is 29.3. The average molecular weight is 582 g/mol. The molecule has 1 saturated heterocycles. The molecule has 0 spiro atoms. The fourth-order valence-corrected chi connectivity index (χ4v) is 5.81. The van der Waals surface area contributed by atoms with Gasteiger partial charge in [-0.2, -0.15) is 18.3 Å². The molecule has 2 fully saturated rings. The van der Waals surface area contributed by atoms with Crippen LogP contribution in [0.15, 0.2) is 41.5 Å². The topological polar surface area (TPSA) is 74.6 Å². The van der Waals surface area contributed by atoms with Gasteiger partial charge in [0.1, 0.15) is 23.3 Å². The highest BCUT2D eigenvalue weighted by Crippen LogP contribution is 2.37. The van der Waals surface area contributed by atoms with Crippen molar-refractivity contribution in [3.05, 3.63) is 48.0 Å². The second kappa shape index (κ2) is 11.7. The second-order valence-electron chi connectivity index (χ2n) is 10.8. The summed E-state index contributed by atoms with van der Waals surface area (Å²) in [4.78, 5) is 13.1. The number of piperidine rings is 1.